The normalized spacial score (nSPS) is 15.4. The average Bonchev–Trinajstić information content (AvgIpc) is 3.11. The lowest BCUT2D eigenvalue weighted by Crippen LogP contribution is -2.22. The van der Waals surface area contributed by atoms with Crippen molar-refractivity contribution in [1.29, 1.82) is 0 Å². The molecule has 34 heavy (non-hydrogen) atoms. The van der Waals surface area contributed by atoms with E-state index < -0.39 is 17.7 Å². The first kappa shape index (κ1) is 23.3. The van der Waals surface area contributed by atoms with Crippen LogP contribution < -0.4 is 5.32 Å². The Morgan fingerprint density at radius 3 is 2.53 bits per heavy atom. The first-order valence-electron chi connectivity index (χ1n) is 11.0. The second-order valence-corrected chi connectivity index (χ2v) is 8.64. The fourth-order valence-electron chi connectivity index (χ4n) is 4.04. The van der Waals surface area contributed by atoms with E-state index in [2.05, 4.69) is 10.2 Å². The summed E-state index contributed by atoms with van der Waals surface area (Å²) >= 11 is 0. The average molecular weight is 460 g/mol. The second kappa shape index (κ2) is 9.97. The van der Waals surface area contributed by atoms with Crippen LogP contribution >= 0.6 is 0 Å². The molecule has 1 atom stereocenters. The zero-order valence-electron chi connectivity index (χ0n) is 19.1. The number of likely N-dealkylation sites (N-methyl/N-ethyl adjacent to an activating group) is 1. The maximum atomic E-state index is 13.8. The molecule has 0 radical (unpaired) electrons. The van der Waals surface area contributed by atoms with Gasteiger partial charge >= 0.3 is 5.97 Å². The summed E-state index contributed by atoms with van der Waals surface area (Å²) in [6.45, 7) is 0.898. The van der Waals surface area contributed by atoms with Gasteiger partial charge in [0.1, 0.15) is 11.7 Å². The van der Waals surface area contributed by atoms with Crippen molar-refractivity contribution >= 4 is 29.0 Å². The van der Waals surface area contributed by atoms with Crippen LogP contribution in [-0.2, 0) is 22.4 Å². The molecular formula is C27H26FN3O3. The number of benzene rings is 3. The fourth-order valence-corrected chi connectivity index (χ4v) is 4.04. The van der Waals surface area contributed by atoms with Gasteiger partial charge in [-0.2, -0.15) is 0 Å². The van der Waals surface area contributed by atoms with Gasteiger partial charge in [0, 0.05) is 12.2 Å². The van der Waals surface area contributed by atoms with Gasteiger partial charge in [-0.25, -0.2) is 4.39 Å². The lowest BCUT2D eigenvalue weighted by atomic mass is 9.90. The van der Waals surface area contributed by atoms with E-state index in [4.69, 9.17) is 10.1 Å². The Kier molecular flexibility index (Phi) is 6.84. The highest BCUT2D eigenvalue weighted by atomic mass is 19.1. The van der Waals surface area contributed by atoms with Gasteiger partial charge in [0.15, 0.2) is 0 Å². The third-order valence-electron chi connectivity index (χ3n) is 5.73. The van der Waals surface area contributed by atoms with Crippen molar-refractivity contribution in [2.24, 2.45) is 4.99 Å². The van der Waals surface area contributed by atoms with Gasteiger partial charge in [-0.05, 0) is 67.0 Å². The lowest BCUT2D eigenvalue weighted by molar-refractivity contribution is -0.136. The second-order valence-electron chi connectivity index (χ2n) is 8.64. The minimum Gasteiger partial charge on any atom is -0.481 e. The highest BCUT2D eigenvalue weighted by Gasteiger charge is 2.35. The summed E-state index contributed by atoms with van der Waals surface area (Å²) in [5.74, 6) is -2.34. The molecule has 1 heterocycles. The number of carboxylic acids is 1. The van der Waals surface area contributed by atoms with Gasteiger partial charge in [0.2, 0.25) is 5.91 Å². The molecule has 0 fully saturated rings. The zero-order valence-corrected chi connectivity index (χ0v) is 19.1. The molecular weight excluding hydrogens is 433 g/mol. The van der Waals surface area contributed by atoms with Crippen LogP contribution in [0.15, 0.2) is 71.7 Å². The van der Waals surface area contributed by atoms with Crippen molar-refractivity contribution in [3.63, 3.8) is 0 Å². The van der Waals surface area contributed by atoms with Crippen LogP contribution in [0.3, 0.4) is 0 Å². The lowest BCUT2D eigenvalue weighted by Gasteiger charge is -2.15. The Balaban J connectivity index is 1.78. The van der Waals surface area contributed by atoms with E-state index >= 15 is 0 Å². The first-order chi connectivity index (χ1) is 16.3. The van der Waals surface area contributed by atoms with Crippen molar-refractivity contribution in [2.45, 2.75) is 18.8 Å². The van der Waals surface area contributed by atoms with E-state index in [-0.39, 0.29) is 12.3 Å². The van der Waals surface area contributed by atoms with E-state index in [0.717, 1.165) is 18.5 Å². The molecule has 7 heteroatoms. The highest BCUT2D eigenvalue weighted by Crippen LogP contribution is 2.36. The Morgan fingerprint density at radius 1 is 1.06 bits per heavy atom. The summed E-state index contributed by atoms with van der Waals surface area (Å²) in [7, 11) is 4.04. The van der Waals surface area contributed by atoms with Crippen LogP contribution in [0.4, 0.5) is 15.8 Å². The van der Waals surface area contributed by atoms with Gasteiger partial charge < -0.3 is 15.3 Å². The maximum Gasteiger partial charge on any atom is 0.307 e. The number of carboxylic acid groups (broad SMARTS) is 1. The molecule has 1 aliphatic heterocycles. The van der Waals surface area contributed by atoms with Crippen LogP contribution in [0.2, 0.25) is 0 Å². The molecule has 3 aromatic carbocycles. The molecule has 2 N–H and O–H groups in total. The number of carbonyl (C=O) groups is 2. The molecule has 1 amide bonds. The molecule has 0 saturated heterocycles. The summed E-state index contributed by atoms with van der Waals surface area (Å²) in [6.07, 6.45) is 0.772. The van der Waals surface area contributed by atoms with E-state index in [9.17, 15) is 14.0 Å². The van der Waals surface area contributed by atoms with Gasteiger partial charge in [-0.3, -0.25) is 14.6 Å². The van der Waals surface area contributed by atoms with Crippen molar-refractivity contribution in [3.8, 4) is 0 Å². The Labute approximate surface area is 197 Å². The quantitative estimate of drug-likeness (QED) is 0.489. The number of rotatable bonds is 8. The molecule has 3 aromatic rings. The molecule has 6 nitrogen and oxygen atoms in total. The van der Waals surface area contributed by atoms with Crippen molar-refractivity contribution in [3.05, 3.63) is 94.8 Å². The number of hydrogen-bond donors (Lipinski definition) is 2. The smallest absolute Gasteiger partial charge is 0.307 e. The van der Waals surface area contributed by atoms with Crippen LogP contribution in [-0.4, -0.2) is 48.2 Å². The number of carbonyl (C=O) groups excluding carboxylic acids is 1. The van der Waals surface area contributed by atoms with Crippen molar-refractivity contribution < 1.29 is 19.1 Å². The molecule has 1 aliphatic rings. The molecule has 0 aliphatic carbocycles. The Morgan fingerprint density at radius 2 is 1.82 bits per heavy atom. The largest absolute Gasteiger partial charge is 0.481 e. The molecule has 4 rings (SSSR count). The fraction of sp³-hybridized carbons (Fsp3) is 0.222. The maximum absolute atomic E-state index is 13.8. The first-order valence-corrected chi connectivity index (χ1v) is 11.0. The van der Waals surface area contributed by atoms with E-state index in [1.54, 1.807) is 30.3 Å². The summed E-state index contributed by atoms with van der Waals surface area (Å²) in [4.78, 5) is 31.1. The monoisotopic (exact) mass is 459 g/mol. The van der Waals surface area contributed by atoms with E-state index in [0.29, 0.717) is 33.8 Å². The minimum absolute atomic E-state index is 0.0906. The van der Waals surface area contributed by atoms with Crippen LogP contribution in [0.5, 0.6) is 0 Å². The van der Waals surface area contributed by atoms with Crippen LogP contribution in [0.25, 0.3) is 0 Å². The van der Waals surface area contributed by atoms with Crippen LogP contribution in [0.1, 0.15) is 28.2 Å². The Bertz CT molecular complexity index is 1250. The molecule has 174 valence electrons. The van der Waals surface area contributed by atoms with Crippen molar-refractivity contribution in [1.82, 2.24) is 4.90 Å². The number of anilines is 1. The topological polar surface area (TPSA) is 82.0 Å². The standard InChI is InChI=1S/C27H26FN3O3/c1-31(2)13-12-17-4-3-5-21(14-17)29-26(19-8-6-18(7-9-19)15-24(32)33)25-22-11-10-20(28)16-23(22)30-27(25)34/h3-11,14,16,25H,12-13,15H2,1-2H3,(H,30,34)(H,32,33). The van der Waals surface area contributed by atoms with Gasteiger partial charge in [-0.1, -0.05) is 42.5 Å². The summed E-state index contributed by atoms with van der Waals surface area (Å²) < 4.78 is 13.8. The number of halogens is 1. The predicted molar refractivity (Wildman–Crippen MR) is 130 cm³/mol. The molecule has 0 saturated carbocycles. The summed E-state index contributed by atoms with van der Waals surface area (Å²) in [5, 5.41) is 11.8. The number of aliphatic imine (C=N–C) groups is 1. The van der Waals surface area contributed by atoms with Crippen LogP contribution in [0, 0.1) is 5.82 Å². The van der Waals surface area contributed by atoms with E-state index in [1.807, 2.05) is 38.4 Å². The molecule has 0 aromatic heterocycles. The molecule has 0 bridgehead atoms. The number of amides is 1. The van der Waals surface area contributed by atoms with Gasteiger partial charge in [-0.15, -0.1) is 0 Å². The van der Waals surface area contributed by atoms with Gasteiger partial charge in [0.25, 0.3) is 0 Å². The SMILES string of the molecule is CN(C)CCc1cccc(N=C(c2ccc(CC(=O)O)cc2)C2C(=O)Nc3cc(F)ccc32)c1. The number of nitrogens with zero attached hydrogens (tertiary/aromatic N) is 2. The predicted octanol–water partition coefficient (Wildman–Crippen LogP) is 4.41. The summed E-state index contributed by atoms with van der Waals surface area (Å²) in [5.41, 5.74) is 4.81. The number of hydrogen-bond acceptors (Lipinski definition) is 4. The minimum atomic E-state index is -0.915. The van der Waals surface area contributed by atoms with Crippen molar-refractivity contribution in [2.75, 3.05) is 26.0 Å². The number of nitrogens with one attached hydrogen (secondary N) is 1. The number of fused-ring (bicyclic) bond motifs is 1. The van der Waals surface area contributed by atoms with E-state index in [1.165, 1.54) is 12.1 Å². The highest BCUT2D eigenvalue weighted by molar-refractivity contribution is 6.24. The third kappa shape index (κ3) is 5.38. The Hall–Kier alpha value is -3.84. The van der Waals surface area contributed by atoms with Gasteiger partial charge in [0.05, 0.1) is 17.8 Å². The summed E-state index contributed by atoms with van der Waals surface area (Å²) in [6, 6.07) is 19.1. The third-order valence-corrected chi connectivity index (χ3v) is 5.73. The number of aliphatic carboxylic acids is 1. The zero-order chi connectivity index (χ0) is 24.2. The molecule has 1 unspecified atom stereocenters. The molecule has 0 spiro atoms.